The molecule has 24 heavy (non-hydrogen) atoms. The van der Waals surface area contributed by atoms with Crippen LogP contribution in [0.4, 0.5) is 13.2 Å². The lowest BCUT2D eigenvalue weighted by Gasteiger charge is -2.33. The molecule has 0 saturated carbocycles. The molecule has 0 amide bonds. The zero-order chi connectivity index (χ0) is 18.8. The van der Waals surface area contributed by atoms with Crippen LogP contribution in [0.3, 0.4) is 0 Å². The van der Waals surface area contributed by atoms with E-state index in [1.54, 1.807) is 0 Å². The van der Waals surface area contributed by atoms with Crippen molar-refractivity contribution < 1.29 is 42.4 Å². The molecule has 0 aliphatic heterocycles. The highest BCUT2D eigenvalue weighted by Crippen LogP contribution is 2.29. The summed E-state index contributed by atoms with van der Waals surface area (Å²) in [5, 5.41) is 18.7. The summed E-state index contributed by atoms with van der Waals surface area (Å²) in [4.78, 5) is 23.1. The van der Waals surface area contributed by atoms with Crippen molar-refractivity contribution in [2.45, 2.75) is 44.8 Å². The molecule has 134 valence electrons. The van der Waals surface area contributed by atoms with E-state index in [2.05, 4.69) is 4.74 Å². The summed E-state index contributed by atoms with van der Waals surface area (Å²) >= 11 is 0. The summed E-state index contributed by atoms with van der Waals surface area (Å²) < 4.78 is 45.7. The molecule has 0 unspecified atom stereocenters. The first kappa shape index (κ1) is 19.8. The minimum absolute atomic E-state index is 0.00537. The highest BCUT2D eigenvalue weighted by atomic mass is 19.4. The van der Waals surface area contributed by atoms with Gasteiger partial charge in [-0.15, -0.1) is 13.2 Å². The number of ether oxygens (including phenoxy) is 2. The third-order valence-electron chi connectivity index (χ3n) is 2.76. The third-order valence-corrected chi connectivity index (χ3v) is 2.76. The number of carboxylic acid groups (broad SMARTS) is 2. The van der Waals surface area contributed by atoms with E-state index >= 15 is 0 Å². The van der Waals surface area contributed by atoms with Gasteiger partial charge >= 0.3 is 18.3 Å². The van der Waals surface area contributed by atoms with E-state index in [0.717, 1.165) is 12.1 Å². The zero-order valence-electron chi connectivity index (χ0n) is 13.2. The lowest BCUT2D eigenvalue weighted by atomic mass is 9.93. The standard InChI is InChI=1S/C15H17F3O6/c1-13(2,3)24-14(11(19)20,12(21)22)8-9-5-4-6-10(7-9)23-15(16,17)18/h4-7H,8H2,1-3H3,(H,19,20)(H,21,22). The quantitative estimate of drug-likeness (QED) is 0.767. The van der Waals surface area contributed by atoms with Gasteiger partial charge in [-0.1, -0.05) is 12.1 Å². The molecule has 1 aromatic carbocycles. The van der Waals surface area contributed by atoms with Crippen LogP contribution in [0.1, 0.15) is 26.3 Å². The number of aliphatic carboxylic acids is 2. The fourth-order valence-corrected chi connectivity index (χ4v) is 2.03. The Labute approximate surface area is 135 Å². The van der Waals surface area contributed by atoms with Gasteiger partial charge in [-0.3, -0.25) is 0 Å². The van der Waals surface area contributed by atoms with Crippen LogP contribution in [0.2, 0.25) is 0 Å². The minimum atomic E-state index is -4.92. The molecule has 9 heteroatoms. The molecule has 1 rings (SSSR count). The van der Waals surface area contributed by atoms with Crippen molar-refractivity contribution in [2.24, 2.45) is 0 Å². The van der Waals surface area contributed by atoms with Gasteiger partial charge in [-0.25, -0.2) is 9.59 Å². The number of carbonyl (C=O) groups is 2. The van der Waals surface area contributed by atoms with E-state index in [4.69, 9.17) is 4.74 Å². The Hall–Kier alpha value is -2.29. The van der Waals surface area contributed by atoms with Crippen molar-refractivity contribution in [1.82, 2.24) is 0 Å². The highest BCUT2D eigenvalue weighted by molar-refractivity contribution is 6.02. The Morgan fingerprint density at radius 3 is 2.04 bits per heavy atom. The summed E-state index contributed by atoms with van der Waals surface area (Å²) in [6.45, 7) is 4.41. The number of halogens is 3. The zero-order valence-corrected chi connectivity index (χ0v) is 13.2. The van der Waals surface area contributed by atoms with Gasteiger partial charge in [0.15, 0.2) is 0 Å². The van der Waals surface area contributed by atoms with Gasteiger partial charge < -0.3 is 19.7 Å². The van der Waals surface area contributed by atoms with Gasteiger partial charge in [0.25, 0.3) is 5.60 Å². The van der Waals surface area contributed by atoms with Crippen LogP contribution in [-0.2, 0) is 20.7 Å². The molecule has 0 aliphatic carbocycles. The van der Waals surface area contributed by atoms with E-state index in [-0.39, 0.29) is 5.56 Å². The van der Waals surface area contributed by atoms with Gasteiger partial charge in [-0.2, -0.15) is 0 Å². The first-order valence-electron chi connectivity index (χ1n) is 6.77. The van der Waals surface area contributed by atoms with E-state index in [9.17, 15) is 33.0 Å². The molecule has 0 aliphatic rings. The van der Waals surface area contributed by atoms with Crippen LogP contribution >= 0.6 is 0 Å². The SMILES string of the molecule is CC(C)(C)OC(Cc1cccc(OC(F)(F)F)c1)(C(=O)O)C(=O)O. The molecule has 2 N–H and O–H groups in total. The topological polar surface area (TPSA) is 93.1 Å². The molecular weight excluding hydrogens is 333 g/mol. The number of alkyl halides is 3. The van der Waals surface area contributed by atoms with Gasteiger partial charge in [0.1, 0.15) is 5.75 Å². The third kappa shape index (κ3) is 5.41. The summed E-state index contributed by atoms with van der Waals surface area (Å²) in [5.74, 6) is -4.10. The molecule has 0 fully saturated rings. The Kier molecular flexibility index (Phi) is 5.50. The predicted molar refractivity (Wildman–Crippen MR) is 75.7 cm³/mol. The molecule has 6 nitrogen and oxygen atoms in total. The number of hydrogen-bond donors (Lipinski definition) is 2. The second kappa shape index (κ2) is 6.68. The first-order valence-corrected chi connectivity index (χ1v) is 6.77. The molecule has 0 spiro atoms. The van der Waals surface area contributed by atoms with E-state index in [0.29, 0.717) is 0 Å². The van der Waals surface area contributed by atoms with Crippen LogP contribution in [0.25, 0.3) is 0 Å². The van der Waals surface area contributed by atoms with Gasteiger partial charge in [0, 0.05) is 6.42 Å². The molecule has 0 aromatic heterocycles. The van der Waals surface area contributed by atoms with Crippen LogP contribution in [0.15, 0.2) is 24.3 Å². The average Bonchev–Trinajstić information content (AvgIpc) is 2.33. The number of benzene rings is 1. The fraction of sp³-hybridized carbons (Fsp3) is 0.467. The fourth-order valence-electron chi connectivity index (χ4n) is 2.03. The molecule has 0 bridgehead atoms. The maximum absolute atomic E-state index is 12.3. The molecule has 0 radical (unpaired) electrons. The first-order chi connectivity index (χ1) is 10.8. The van der Waals surface area contributed by atoms with Crippen LogP contribution < -0.4 is 4.74 Å². The van der Waals surface area contributed by atoms with Crippen molar-refractivity contribution in [3.05, 3.63) is 29.8 Å². The van der Waals surface area contributed by atoms with Crippen LogP contribution in [0, 0.1) is 0 Å². The number of hydrogen-bond acceptors (Lipinski definition) is 4. The Bertz CT molecular complexity index is 604. The van der Waals surface area contributed by atoms with Crippen molar-refractivity contribution in [2.75, 3.05) is 0 Å². The van der Waals surface area contributed by atoms with Gasteiger partial charge in [-0.05, 0) is 38.5 Å². The van der Waals surface area contributed by atoms with Crippen LogP contribution in [0.5, 0.6) is 5.75 Å². The smallest absolute Gasteiger partial charge is 0.479 e. The second-order valence-electron chi connectivity index (χ2n) is 6.02. The summed E-state index contributed by atoms with van der Waals surface area (Å²) in [6, 6.07) is 4.42. The Morgan fingerprint density at radius 1 is 1.08 bits per heavy atom. The minimum Gasteiger partial charge on any atom is -0.479 e. The Balaban J connectivity index is 3.22. The monoisotopic (exact) mass is 350 g/mol. The lowest BCUT2D eigenvalue weighted by molar-refractivity contribution is -0.274. The lowest BCUT2D eigenvalue weighted by Crippen LogP contribution is -2.54. The average molecular weight is 350 g/mol. The summed E-state index contributed by atoms with van der Waals surface area (Å²) in [7, 11) is 0. The predicted octanol–water partition coefficient (Wildman–Crippen LogP) is 2.85. The van der Waals surface area contributed by atoms with Gasteiger partial charge in [0.05, 0.1) is 5.60 Å². The molecule has 0 atom stereocenters. The highest BCUT2D eigenvalue weighted by Gasteiger charge is 2.50. The number of carboxylic acids is 2. The van der Waals surface area contributed by atoms with Crippen molar-refractivity contribution in [1.29, 1.82) is 0 Å². The maximum Gasteiger partial charge on any atom is 0.573 e. The van der Waals surface area contributed by atoms with E-state index < -0.39 is 41.7 Å². The number of rotatable bonds is 6. The largest absolute Gasteiger partial charge is 0.573 e. The van der Waals surface area contributed by atoms with Crippen molar-refractivity contribution >= 4 is 11.9 Å². The molecular formula is C15H17F3O6. The van der Waals surface area contributed by atoms with Crippen molar-refractivity contribution in [3.8, 4) is 5.75 Å². The van der Waals surface area contributed by atoms with E-state index in [1.807, 2.05) is 0 Å². The maximum atomic E-state index is 12.3. The van der Waals surface area contributed by atoms with Crippen molar-refractivity contribution in [3.63, 3.8) is 0 Å². The molecule has 0 heterocycles. The Morgan fingerprint density at radius 2 is 1.62 bits per heavy atom. The summed E-state index contributed by atoms with van der Waals surface area (Å²) in [6.07, 6.45) is -5.60. The van der Waals surface area contributed by atoms with Gasteiger partial charge in [0.2, 0.25) is 0 Å². The van der Waals surface area contributed by atoms with E-state index in [1.165, 1.54) is 32.9 Å². The molecule has 0 saturated heterocycles. The van der Waals surface area contributed by atoms with Crippen LogP contribution in [-0.4, -0.2) is 39.7 Å². The second-order valence-corrected chi connectivity index (χ2v) is 6.02. The molecule has 1 aromatic rings. The normalized spacial score (nSPS) is 12.8. The summed E-state index contributed by atoms with van der Waals surface area (Å²) in [5.41, 5.74) is -3.75.